The largest absolute Gasteiger partial charge is 0.409 e. The van der Waals surface area contributed by atoms with Crippen molar-refractivity contribution in [2.45, 2.75) is 13.0 Å². The van der Waals surface area contributed by atoms with Crippen molar-refractivity contribution in [1.82, 2.24) is 5.32 Å². The van der Waals surface area contributed by atoms with E-state index in [0.29, 0.717) is 24.4 Å². The molecule has 20 heavy (non-hydrogen) atoms. The van der Waals surface area contributed by atoms with E-state index in [9.17, 15) is 8.42 Å². The van der Waals surface area contributed by atoms with Gasteiger partial charge in [-0.1, -0.05) is 23.4 Å². The molecular formula is C13H19N3O3S. The van der Waals surface area contributed by atoms with Gasteiger partial charge in [0.25, 0.3) is 0 Å². The van der Waals surface area contributed by atoms with Crippen molar-refractivity contribution < 1.29 is 13.6 Å². The summed E-state index contributed by atoms with van der Waals surface area (Å²) < 4.78 is 22.7. The Kier molecular flexibility index (Phi) is 4.61. The third kappa shape index (κ3) is 3.94. The van der Waals surface area contributed by atoms with Gasteiger partial charge in [-0.2, -0.15) is 0 Å². The summed E-state index contributed by atoms with van der Waals surface area (Å²) >= 11 is 0. The van der Waals surface area contributed by atoms with Crippen LogP contribution in [0.4, 0.5) is 0 Å². The van der Waals surface area contributed by atoms with Crippen molar-refractivity contribution in [2.75, 3.05) is 18.1 Å². The second-order valence-electron chi connectivity index (χ2n) is 5.09. The number of amidine groups is 1. The minimum atomic E-state index is -2.81. The Labute approximate surface area is 118 Å². The van der Waals surface area contributed by atoms with E-state index < -0.39 is 9.84 Å². The van der Waals surface area contributed by atoms with Crippen LogP contribution in [-0.2, 0) is 16.4 Å². The summed E-state index contributed by atoms with van der Waals surface area (Å²) in [5.74, 6) is 0.864. The molecule has 7 heteroatoms. The highest BCUT2D eigenvalue weighted by Crippen LogP contribution is 2.17. The van der Waals surface area contributed by atoms with E-state index >= 15 is 0 Å². The van der Waals surface area contributed by atoms with Crippen molar-refractivity contribution in [3.8, 4) is 0 Å². The molecule has 0 bridgehead atoms. The van der Waals surface area contributed by atoms with E-state index in [0.717, 1.165) is 12.0 Å². The Bertz CT molecular complexity index is 599. The van der Waals surface area contributed by atoms with Gasteiger partial charge in [-0.15, -0.1) is 0 Å². The maximum atomic E-state index is 11.3. The molecule has 0 saturated carbocycles. The van der Waals surface area contributed by atoms with Crippen molar-refractivity contribution >= 4 is 15.7 Å². The molecule has 0 amide bonds. The third-order valence-corrected chi connectivity index (χ3v) is 5.26. The van der Waals surface area contributed by atoms with Crippen LogP contribution in [0, 0.1) is 5.92 Å². The fourth-order valence-corrected chi connectivity index (χ4v) is 4.21. The number of nitrogens with two attached hydrogens (primary N) is 1. The Balaban J connectivity index is 1.86. The molecule has 1 saturated heterocycles. The van der Waals surface area contributed by atoms with Crippen LogP contribution in [0.5, 0.6) is 0 Å². The summed E-state index contributed by atoms with van der Waals surface area (Å²) in [7, 11) is -2.81. The summed E-state index contributed by atoms with van der Waals surface area (Å²) in [5.41, 5.74) is 7.21. The number of hydrogen-bond donors (Lipinski definition) is 3. The Morgan fingerprint density at radius 3 is 2.95 bits per heavy atom. The number of hydrogen-bond acceptors (Lipinski definition) is 5. The number of nitrogens with zero attached hydrogens (tertiary/aromatic N) is 1. The van der Waals surface area contributed by atoms with Crippen LogP contribution in [0.25, 0.3) is 0 Å². The predicted octanol–water partition coefficient (Wildman–Crippen LogP) is 0.305. The molecule has 1 atom stereocenters. The minimum Gasteiger partial charge on any atom is -0.409 e. The quantitative estimate of drug-likeness (QED) is 0.314. The van der Waals surface area contributed by atoms with E-state index in [1.807, 2.05) is 18.2 Å². The van der Waals surface area contributed by atoms with Gasteiger partial charge in [0, 0.05) is 12.1 Å². The van der Waals surface area contributed by atoms with Crippen molar-refractivity contribution in [3.63, 3.8) is 0 Å². The van der Waals surface area contributed by atoms with E-state index in [1.54, 1.807) is 6.07 Å². The number of nitrogens with one attached hydrogen (secondary N) is 1. The van der Waals surface area contributed by atoms with E-state index in [1.165, 1.54) is 0 Å². The highest BCUT2D eigenvalue weighted by atomic mass is 32.2. The van der Waals surface area contributed by atoms with Gasteiger partial charge in [-0.25, -0.2) is 8.42 Å². The number of rotatable bonds is 5. The summed E-state index contributed by atoms with van der Waals surface area (Å²) in [6.45, 7) is 1.32. The fourth-order valence-electron chi connectivity index (χ4n) is 2.35. The van der Waals surface area contributed by atoms with Gasteiger partial charge in [-0.05, 0) is 30.5 Å². The zero-order chi connectivity index (χ0) is 14.6. The van der Waals surface area contributed by atoms with Gasteiger partial charge in [0.15, 0.2) is 15.7 Å². The lowest BCUT2D eigenvalue weighted by molar-refractivity contribution is 0.318. The van der Waals surface area contributed by atoms with Gasteiger partial charge < -0.3 is 16.3 Å². The summed E-state index contributed by atoms with van der Waals surface area (Å²) in [5, 5.41) is 14.9. The summed E-state index contributed by atoms with van der Waals surface area (Å²) in [4.78, 5) is 0. The first kappa shape index (κ1) is 14.8. The lowest BCUT2D eigenvalue weighted by atomic mass is 10.1. The van der Waals surface area contributed by atoms with E-state index in [-0.39, 0.29) is 17.5 Å². The first-order chi connectivity index (χ1) is 9.50. The lowest BCUT2D eigenvalue weighted by Crippen LogP contribution is -2.23. The Morgan fingerprint density at radius 1 is 1.50 bits per heavy atom. The maximum Gasteiger partial charge on any atom is 0.170 e. The van der Waals surface area contributed by atoms with Crippen LogP contribution in [-0.4, -0.2) is 37.5 Å². The fraction of sp³-hybridized carbons (Fsp3) is 0.462. The standard InChI is InChI=1S/C13H19N3O3S/c14-13(16-17)12-3-1-2-10(6-12)7-15-8-11-4-5-20(18,19)9-11/h1-3,6,11,15,17H,4-5,7-9H2,(H2,14,16). The van der Waals surface area contributed by atoms with E-state index in [2.05, 4.69) is 10.5 Å². The molecule has 2 rings (SSSR count). The van der Waals surface area contributed by atoms with Crippen LogP contribution in [0.3, 0.4) is 0 Å². The molecule has 1 heterocycles. The second-order valence-corrected chi connectivity index (χ2v) is 7.31. The predicted molar refractivity (Wildman–Crippen MR) is 77.4 cm³/mol. The molecule has 1 aliphatic heterocycles. The number of sulfone groups is 1. The summed E-state index contributed by atoms with van der Waals surface area (Å²) in [6, 6.07) is 7.38. The van der Waals surface area contributed by atoms with Gasteiger partial charge in [0.2, 0.25) is 0 Å². The molecule has 0 aliphatic carbocycles. The lowest BCUT2D eigenvalue weighted by Gasteiger charge is -2.10. The zero-order valence-corrected chi connectivity index (χ0v) is 11.9. The molecule has 0 spiro atoms. The summed E-state index contributed by atoms with van der Waals surface area (Å²) in [6.07, 6.45) is 0.736. The van der Waals surface area contributed by atoms with Crippen LogP contribution in [0.15, 0.2) is 29.4 Å². The molecule has 0 radical (unpaired) electrons. The van der Waals surface area contributed by atoms with Gasteiger partial charge >= 0.3 is 0 Å². The SMILES string of the molecule is NC(=NO)c1cccc(CNCC2CCS(=O)(=O)C2)c1. The van der Waals surface area contributed by atoms with Crippen LogP contribution in [0.1, 0.15) is 17.5 Å². The van der Waals surface area contributed by atoms with Crippen molar-refractivity contribution in [1.29, 1.82) is 0 Å². The highest BCUT2D eigenvalue weighted by Gasteiger charge is 2.27. The maximum absolute atomic E-state index is 11.3. The van der Waals surface area contributed by atoms with Gasteiger partial charge in [0.05, 0.1) is 11.5 Å². The van der Waals surface area contributed by atoms with Crippen molar-refractivity contribution in [3.05, 3.63) is 35.4 Å². The van der Waals surface area contributed by atoms with Crippen molar-refractivity contribution in [2.24, 2.45) is 16.8 Å². The van der Waals surface area contributed by atoms with Crippen LogP contribution < -0.4 is 11.1 Å². The second kappa shape index (κ2) is 6.23. The third-order valence-electron chi connectivity index (χ3n) is 3.42. The Morgan fingerprint density at radius 2 is 2.30 bits per heavy atom. The van der Waals surface area contributed by atoms with Crippen LogP contribution in [0.2, 0.25) is 0 Å². The topological polar surface area (TPSA) is 105 Å². The molecule has 110 valence electrons. The molecule has 1 aliphatic rings. The minimum absolute atomic E-state index is 0.0775. The van der Waals surface area contributed by atoms with Gasteiger partial charge in [-0.3, -0.25) is 0 Å². The average Bonchev–Trinajstić information content (AvgIpc) is 2.78. The smallest absolute Gasteiger partial charge is 0.170 e. The number of benzene rings is 1. The zero-order valence-electron chi connectivity index (χ0n) is 11.1. The van der Waals surface area contributed by atoms with Gasteiger partial charge in [0.1, 0.15) is 0 Å². The monoisotopic (exact) mass is 297 g/mol. The normalized spacial score (nSPS) is 22.0. The molecule has 0 aromatic heterocycles. The molecule has 1 unspecified atom stereocenters. The first-order valence-corrected chi connectivity index (χ1v) is 8.30. The number of oxime groups is 1. The molecule has 4 N–H and O–H groups in total. The molecule has 1 aromatic rings. The first-order valence-electron chi connectivity index (χ1n) is 6.48. The molecule has 1 aromatic carbocycles. The molecule has 6 nitrogen and oxygen atoms in total. The van der Waals surface area contributed by atoms with E-state index in [4.69, 9.17) is 10.9 Å². The highest BCUT2D eigenvalue weighted by molar-refractivity contribution is 7.91. The Hall–Kier alpha value is -1.60. The average molecular weight is 297 g/mol. The molecule has 1 fully saturated rings. The van der Waals surface area contributed by atoms with Crippen LogP contribution >= 0.6 is 0 Å². The molecular weight excluding hydrogens is 278 g/mol.